The molecule has 3 aliphatic rings. The molecular formula is C29H36N4O3. The molecule has 1 atom stereocenters. The Hall–Kier alpha value is -3.32. The summed E-state index contributed by atoms with van der Waals surface area (Å²) in [4.78, 5) is 15.7. The molecule has 7 nitrogen and oxygen atoms in total. The molecule has 2 N–H and O–H groups in total. The van der Waals surface area contributed by atoms with Gasteiger partial charge in [-0.1, -0.05) is 23.8 Å². The van der Waals surface area contributed by atoms with E-state index in [9.17, 15) is 4.79 Å². The van der Waals surface area contributed by atoms with Gasteiger partial charge in [0.2, 0.25) is 0 Å². The molecule has 0 saturated carbocycles. The number of ether oxygens (including phenoxy) is 2. The third kappa shape index (κ3) is 4.72. The van der Waals surface area contributed by atoms with Crippen molar-refractivity contribution in [2.75, 3.05) is 20.2 Å². The molecule has 2 aromatic rings. The lowest BCUT2D eigenvalue weighted by Gasteiger charge is -2.23. The Kier molecular flexibility index (Phi) is 7.01. The van der Waals surface area contributed by atoms with E-state index in [1.54, 1.807) is 7.11 Å². The molecule has 0 radical (unpaired) electrons. The molecule has 1 aromatic heterocycles. The number of nitrogens with two attached hydrogens (primary N) is 1. The summed E-state index contributed by atoms with van der Waals surface area (Å²) >= 11 is 0. The average molecular weight is 489 g/mol. The molecule has 5 rings (SSSR count). The Bertz CT molecular complexity index is 1250. The molecule has 3 heterocycles. The van der Waals surface area contributed by atoms with E-state index in [2.05, 4.69) is 44.2 Å². The number of carbonyl (C=O) groups excluding carboxylic acids is 1. The minimum Gasteiger partial charge on any atom is -0.496 e. The van der Waals surface area contributed by atoms with Crippen LogP contribution in [0.15, 0.2) is 35.9 Å². The van der Waals surface area contributed by atoms with Crippen LogP contribution in [0, 0.1) is 0 Å². The third-order valence-electron chi connectivity index (χ3n) is 7.11. The van der Waals surface area contributed by atoms with E-state index in [1.165, 1.54) is 5.57 Å². The van der Waals surface area contributed by atoms with Crippen molar-refractivity contribution in [3.05, 3.63) is 52.8 Å². The summed E-state index contributed by atoms with van der Waals surface area (Å²) in [5.74, 6) is 1.46. The number of methoxy groups -OCH3 is 1. The number of rotatable bonds is 4. The predicted molar refractivity (Wildman–Crippen MR) is 143 cm³/mol. The fraction of sp³-hybridized carbons (Fsp3) is 0.448. The van der Waals surface area contributed by atoms with Crippen LogP contribution >= 0.6 is 0 Å². The van der Waals surface area contributed by atoms with Crippen molar-refractivity contribution in [1.29, 1.82) is 0 Å². The lowest BCUT2D eigenvalue weighted by atomic mass is 9.98. The number of amides is 1. The number of fused-ring (bicyclic) bond motifs is 3. The quantitative estimate of drug-likeness (QED) is 0.622. The van der Waals surface area contributed by atoms with Gasteiger partial charge in [-0.25, -0.2) is 4.68 Å². The second kappa shape index (κ2) is 10.3. The van der Waals surface area contributed by atoms with Crippen molar-refractivity contribution < 1.29 is 14.3 Å². The minimum atomic E-state index is -0.0395. The lowest BCUT2D eigenvalue weighted by Crippen LogP contribution is -2.34. The maximum atomic E-state index is 13.8. The van der Waals surface area contributed by atoms with E-state index >= 15 is 0 Å². The van der Waals surface area contributed by atoms with Crippen LogP contribution in [0.5, 0.6) is 11.5 Å². The van der Waals surface area contributed by atoms with Crippen LogP contribution in [0.3, 0.4) is 0 Å². The highest BCUT2D eigenvalue weighted by Gasteiger charge is 2.33. The van der Waals surface area contributed by atoms with Crippen LogP contribution in [-0.2, 0) is 6.61 Å². The smallest absolute Gasteiger partial charge is 0.274 e. The molecular weight excluding hydrogens is 452 g/mol. The van der Waals surface area contributed by atoms with Gasteiger partial charge < -0.3 is 20.1 Å². The first kappa shape index (κ1) is 24.4. The molecule has 190 valence electrons. The summed E-state index contributed by atoms with van der Waals surface area (Å²) in [5.41, 5.74) is 12.5. The predicted octanol–water partition coefficient (Wildman–Crippen LogP) is 5.41. The standard InChI is InChI=1S/C29H36N4O3/c1-19(2)15-20-16-23-26(17-25(20)35-3)36-18-24-27(29(34)32-13-8-9-21(30)12-14-32)31-33(28(23)24)22-10-6-4-5-7-11-22/h6,10-11,15-17,21H,4-5,7-9,12-14,18,30H2,1-3H3. The minimum absolute atomic E-state index is 0.0395. The van der Waals surface area contributed by atoms with Gasteiger partial charge in [0.15, 0.2) is 5.69 Å². The molecule has 1 fully saturated rings. The van der Waals surface area contributed by atoms with Crippen molar-refractivity contribution >= 4 is 17.7 Å². The summed E-state index contributed by atoms with van der Waals surface area (Å²) in [7, 11) is 1.67. The zero-order chi connectivity index (χ0) is 25.2. The van der Waals surface area contributed by atoms with E-state index in [1.807, 2.05) is 15.6 Å². The topological polar surface area (TPSA) is 82.6 Å². The van der Waals surface area contributed by atoms with Crippen molar-refractivity contribution in [3.63, 3.8) is 0 Å². The molecule has 36 heavy (non-hydrogen) atoms. The maximum Gasteiger partial charge on any atom is 0.274 e. The molecule has 1 amide bonds. The third-order valence-corrected chi connectivity index (χ3v) is 7.11. The van der Waals surface area contributed by atoms with Gasteiger partial charge in [0, 0.05) is 41.9 Å². The molecule has 2 aliphatic heterocycles. The SMILES string of the molecule is COc1cc2c(cc1C=C(C)C)-c1c(c(C(=O)N3CCCC(N)CC3)nn1C1=CCCCC=C1)CO2. The summed E-state index contributed by atoms with van der Waals surface area (Å²) in [5, 5.41) is 4.96. The van der Waals surface area contributed by atoms with Gasteiger partial charge in [-0.05, 0) is 64.5 Å². The number of likely N-dealkylation sites (tertiary alicyclic amines) is 1. The van der Waals surface area contributed by atoms with Gasteiger partial charge >= 0.3 is 0 Å². The van der Waals surface area contributed by atoms with Crippen molar-refractivity contribution in [2.45, 2.75) is 65.0 Å². The Morgan fingerprint density at radius 3 is 2.86 bits per heavy atom. The molecule has 1 aliphatic carbocycles. The second-order valence-corrected chi connectivity index (χ2v) is 10.1. The molecule has 1 aromatic carbocycles. The van der Waals surface area contributed by atoms with Crippen LogP contribution in [0.4, 0.5) is 0 Å². The van der Waals surface area contributed by atoms with E-state index in [0.717, 1.165) is 78.1 Å². The number of hydrogen-bond acceptors (Lipinski definition) is 5. The first-order valence-corrected chi connectivity index (χ1v) is 13.0. The summed E-state index contributed by atoms with van der Waals surface area (Å²) < 4.78 is 13.8. The normalized spacial score (nSPS) is 19.3. The second-order valence-electron chi connectivity index (χ2n) is 10.1. The van der Waals surface area contributed by atoms with Gasteiger partial charge in [0.05, 0.1) is 18.5 Å². The van der Waals surface area contributed by atoms with Gasteiger partial charge in [-0.2, -0.15) is 5.10 Å². The number of nitrogens with zero attached hydrogens (tertiary/aromatic N) is 3. The fourth-order valence-electron chi connectivity index (χ4n) is 5.25. The van der Waals surface area contributed by atoms with Crippen LogP contribution in [0.1, 0.15) is 74.0 Å². The zero-order valence-electron chi connectivity index (χ0n) is 21.5. The number of hydrogen-bond donors (Lipinski definition) is 1. The highest BCUT2D eigenvalue weighted by Crippen LogP contribution is 2.44. The van der Waals surface area contributed by atoms with Crippen molar-refractivity contribution in [1.82, 2.24) is 14.7 Å². The van der Waals surface area contributed by atoms with Crippen molar-refractivity contribution in [3.8, 4) is 22.8 Å². The van der Waals surface area contributed by atoms with Crippen molar-refractivity contribution in [2.24, 2.45) is 5.73 Å². The zero-order valence-corrected chi connectivity index (χ0v) is 21.5. The first-order valence-electron chi connectivity index (χ1n) is 13.0. The van der Waals surface area contributed by atoms with Gasteiger partial charge in [0.25, 0.3) is 5.91 Å². The molecule has 1 unspecified atom stereocenters. The van der Waals surface area contributed by atoms with Gasteiger partial charge in [-0.3, -0.25) is 4.79 Å². The van der Waals surface area contributed by atoms with Crippen LogP contribution in [-0.4, -0.2) is 46.8 Å². The maximum absolute atomic E-state index is 13.8. The van der Waals surface area contributed by atoms with Gasteiger partial charge in [-0.15, -0.1) is 0 Å². The lowest BCUT2D eigenvalue weighted by molar-refractivity contribution is 0.0752. The number of carbonyl (C=O) groups is 1. The highest BCUT2D eigenvalue weighted by atomic mass is 16.5. The Labute approximate surface area is 213 Å². The fourth-order valence-corrected chi connectivity index (χ4v) is 5.25. The monoisotopic (exact) mass is 488 g/mol. The number of benzene rings is 1. The van der Waals surface area contributed by atoms with Gasteiger partial charge in [0.1, 0.15) is 18.1 Å². The molecule has 0 bridgehead atoms. The van der Waals surface area contributed by atoms with E-state index in [4.69, 9.17) is 20.3 Å². The first-order chi connectivity index (χ1) is 17.5. The summed E-state index contributed by atoms with van der Waals surface area (Å²) in [6, 6.07) is 4.19. The molecule has 1 saturated heterocycles. The van der Waals surface area contributed by atoms with Crippen LogP contribution < -0.4 is 15.2 Å². The molecule has 7 heteroatoms. The summed E-state index contributed by atoms with van der Waals surface area (Å²) in [6.07, 6.45) is 14.4. The summed E-state index contributed by atoms with van der Waals surface area (Å²) in [6.45, 7) is 5.78. The van der Waals surface area contributed by atoms with E-state index in [-0.39, 0.29) is 11.9 Å². The highest BCUT2D eigenvalue weighted by molar-refractivity contribution is 5.97. The average Bonchev–Trinajstić information content (AvgIpc) is 3.01. The van der Waals surface area contributed by atoms with E-state index < -0.39 is 0 Å². The number of aromatic nitrogens is 2. The van der Waals surface area contributed by atoms with Crippen LogP contribution in [0.25, 0.3) is 23.0 Å². The number of allylic oxidation sites excluding steroid dienone is 5. The van der Waals surface area contributed by atoms with Crippen LogP contribution in [0.2, 0.25) is 0 Å². The Morgan fingerprint density at radius 2 is 2.06 bits per heavy atom. The Morgan fingerprint density at radius 1 is 1.19 bits per heavy atom. The Balaban J connectivity index is 1.67. The largest absolute Gasteiger partial charge is 0.496 e. The molecule has 0 spiro atoms. The van der Waals surface area contributed by atoms with E-state index in [0.29, 0.717) is 25.4 Å².